The molecule has 0 heterocycles. The van der Waals surface area contributed by atoms with Crippen LogP contribution in [0.5, 0.6) is 0 Å². The maximum atomic E-state index is 12.8. The molecule has 0 aromatic heterocycles. The molecule has 0 amide bonds. The van der Waals surface area contributed by atoms with Crippen LogP contribution in [0.1, 0.15) is 44.6 Å². The third-order valence-corrected chi connectivity index (χ3v) is 4.31. The molecule has 2 rings (SSSR count). The number of allylic oxidation sites excluding steroid dienone is 3. The van der Waals surface area contributed by atoms with E-state index in [2.05, 4.69) is 0 Å². The molecule has 1 aliphatic carbocycles. The molecule has 146 valence electrons. The lowest BCUT2D eigenvalue weighted by atomic mass is 9.85. The van der Waals surface area contributed by atoms with Crippen LogP contribution in [0.15, 0.2) is 47.6 Å². The number of esters is 2. The molecule has 1 aliphatic rings. The minimum atomic E-state index is -2.79. The second kappa shape index (κ2) is 7.99. The fourth-order valence-corrected chi connectivity index (χ4v) is 3.19. The van der Waals surface area contributed by atoms with Gasteiger partial charge in [0.05, 0.1) is 25.4 Å². The Morgan fingerprint density at radius 1 is 1.11 bits per heavy atom. The summed E-state index contributed by atoms with van der Waals surface area (Å²) in [7, 11) is -0.526. The molecule has 1 aromatic carbocycles. The number of hydrogen-bond acceptors (Lipinski definition) is 5. The Morgan fingerprint density at radius 2 is 1.70 bits per heavy atom. The number of carbonyl (C=O) groups is 2. The van der Waals surface area contributed by atoms with Gasteiger partial charge in [-0.25, -0.2) is 0 Å². The number of carbonyl (C=O) groups excluding carboxylic acids is 2. The van der Waals surface area contributed by atoms with Crippen molar-refractivity contribution < 1.29 is 29.3 Å². The number of benzene rings is 1. The van der Waals surface area contributed by atoms with Gasteiger partial charge in [0, 0.05) is 13.4 Å². The third-order valence-electron chi connectivity index (χ3n) is 4.31. The molecule has 0 aliphatic heterocycles. The number of rotatable bonds is 4. The van der Waals surface area contributed by atoms with Crippen LogP contribution < -0.4 is 0 Å². The zero-order valence-corrected chi connectivity index (χ0v) is 16.3. The van der Waals surface area contributed by atoms with Crippen LogP contribution in [-0.2, 0) is 23.8 Å². The second-order valence-corrected chi connectivity index (χ2v) is 7.52. The predicted molar refractivity (Wildman–Crippen MR) is 104 cm³/mol. The third kappa shape index (κ3) is 4.24. The quantitative estimate of drug-likeness (QED) is 0.449. The van der Waals surface area contributed by atoms with Gasteiger partial charge >= 0.3 is 11.9 Å². The summed E-state index contributed by atoms with van der Waals surface area (Å²) >= 11 is 0. The van der Waals surface area contributed by atoms with Crippen molar-refractivity contribution in [2.24, 2.45) is 10.8 Å². The van der Waals surface area contributed by atoms with Crippen molar-refractivity contribution in [2.75, 3.05) is 21.3 Å². The topological polar surface area (TPSA) is 61.8 Å². The first-order valence-electron chi connectivity index (χ1n) is 10.6. The van der Waals surface area contributed by atoms with Crippen LogP contribution in [0.4, 0.5) is 0 Å². The monoisotopic (exact) mass is 376 g/mol. The van der Waals surface area contributed by atoms with E-state index < -0.39 is 36.2 Å². The van der Waals surface area contributed by atoms with Gasteiger partial charge in [0.2, 0.25) is 0 Å². The summed E-state index contributed by atoms with van der Waals surface area (Å²) in [5.41, 5.74) is -1.36. The van der Waals surface area contributed by atoms with Gasteiger partial charge in [-0.2, -0.15) is 0 Å². The first-order valence-corrected chi connectivity index (χ1v) is 8.56. The van der Waals surface area contributed by atoms with E-state index in [0.29, 0.717) is 11.1 Å². The molecule has 1 aromatic rings. The molecular weight excluding hydrogens is 344 g/mol. The van der Waals surface area contributed by atoms with E-state index in [4.69, 9.17) is 19.7 Å². The van der Waals surface area contributed by atoms with Crippen molar-refractivity contribution in [1.29, 1.82) is 0 Å². The maximum Gasteiger partial charge on any atom is 0.323 e. The van der Waals surface area contributed by atoms with Crippen molar-refractivity contribution in [1.82, 2.24) is 0 Å². The van der Waals surface area contributed by atoms with E-state index >= 15 is 0 Å². The smallest absolute Gasteiger partial charge is 0.323 e. The van der Waals surface area contributed by atoms with Gasteiger partial charge < -0.3 is 14.2 Å². The highest BCUT2D eigenvalue weighted by atomic mass is 16.5. The van der Waals surface area contributed by atoms with Crippen LogP contribution in [0.3, 0.4) is 0 Å². The van der Waals surface area contributed by atoms with Crippen molar-refractivity contribution in [3.63, 3.8) is 0 Å². The molecule has 5 heteroatoms. The van der Waals surface area contributed by atoms with Gasteiger partial charge in [-0.15, -0.1) is 0 Å². The maximum absolute atomic E-state index is 12.8. The van der Waals surface area contributed by atoms with E-state index in [9.17, 15) is 9.59 Å². The van der Waals surface area contributed by atoms with Crippen molar-refractivity contribution in [3.05, 3.63) is 53.1 Å². The van der Waals surface area contributed by atoms with E-state index in [0.717, 1.165) is 14.2 Å². The van der Waals surface area contributed by atoms with Crippen molar-refractivity contribution >= 4 is 17.7 Å². The van der Waals surface area contributed by atoms with Crippen LogP contribution in [0.25, 0.3) is 5.76 Å². The highest BCUT2D eigenvalue weighted by Gasteiger charge is 2.55. The van der Waals surface area contributed by atoms with Crippen LogP contribution in [-0.4, -0.2) is 33.2 Å². The summed E-state index contributed by atoms with van der Waals surface area (Å²) in [6, 6.07) is 8.53. The Kier molecular flexibility index (Phi) is 4.58. The lowest BCUT2D eigenvalue weighted by Gasteiger charge is -2.22. The molecule has 0 spiro atoms. The molecule has 27 heavy (non-hydrogen) atoms. The second-order valence-electron chi connectivity index (χ2n) is 7.52. The fraction of sp³-hybridized carbons (Fsp3) is 0.455. The minimum absolute atomic E-state index is 0.0111. The first-order chi connectivity index (χ1) is 14.3. The lowest BCUT2D eigenvalue weighted by Crippen LogP contribution is -2.38. The molecular formula is C22H28O5. The standard InChI is InChI=1S/C22H28O5/c1-21(2,3)12-16-13-22(19(23)26-5,20(24)27-6)14-17(16)18(25-4)15-10-8-7-9-11-15/h7-12H,13-14H2,1-6H3/b16-12+,18-17-/i4D3,13D. The van der Waals surface area contributed by atoms with Gasteiger partial charge in [-0.3, -0.25) is 9.59 Å². The Hall–Kier alpha value is -2.56. The molecule has 1 unspecified atom stereocenters. The normalized spacial score (nSPS) is 24.9. The zero-order chi connectivity index (χ0) is 23.6. The zero-order valence-electron chi connectivity index (χ0n) is 20.3. The molecule has 0 bridgehead atoms. The lowest BCUT2D eigenvalue weighted by molar-refractivity contribution is -0.168. The first kappa shape index (κ1) is 15.5. The van der Waals surface area contributed by atoms with Crippen molar-refractivity contribution in [3.8, 4) is 0 Å². The van der Waals surface area contributed by atoms with Gasteiger partial charge in [0.15, 0.2) is 5.41 Å². The highest BCUT2D eigenvalue weighted by molar-refractivity contribution is 6.02. The summed E-state index contributed by atoms with van der Waals surface area (Å²) < 4.78 is 46.9. The predicted octanol–water partition coefficient (Wildman–Crippen LogP) is 4.14. The highest BCUT2D eigenvalue weighted by Crippen LogP contribution is 2.50. The average molecular weight is 376 g/mol. The molecule has 0 N–H and O–H groups in total. The molecule has 0 saturated heterocycles. The summed E-state index contributed by atoms with van der Waals surface area (Å²) in [6.45, 7) is 5.69. The fourth-order valence-electron chi connectivity index (χ4n) is 3.19. The summed E-state index contributed by atoms with van der Waals surface area (Å²) in [5.74, 6) is -1.85. The van der Waals surface area contributed by atoms with Gasteiger partial charge in [0.1, 0.15) is 5.76 Å². The Morgan fingerprint density at radius 3 is 2.19 bits per heavy atom. The van der Waals surface area contributed by atoms with E-state index in [-0.39, 0.29) is 17.8 Å². The molecule has 0 radical (unpaired) electrons. The molecule has 1 fully saturated rings. The number of methoxy groups -OCH3 is 3. The van der Waals surface area contributed by atoms with Crippen LogP contribution in [0.2, 0.25) is 0 Å². The van der Waals surface area contributed by atoms with Gasteiger partial charge in [0.25, 0.3) is 0 Å². The molecule has 5 nitrogen and oxygen atoms in total. The Labute approximate surface area is 166 Å². The van der Waals surface area contributed by atoms with E-state index in [1.807, 2.05) is 20.8 Å². The minimum Gasteiger partial charge on any atom is -0.496 e. The Bertz CT molecular complexity index is 879. The number of ether oxygens (including phenoxy) is 3. The average Bonchev–Trinajstić information content (AvgIpc) is 2.97. The van der Waals surface area contributed by atoms with Crippen LogP contribution in [0, 0.1) is 10.8 Å². The summed E-state index contributed by atoms with van der Waals surface area (Å²) in [4.78, 5) is 25.6. The van der Waals surface area contributed by atoms with E-state index in [1.165, 1.54) is 0 Å². The van der Waals surface area contributed by atoms with Gasteiger partial charge in [-0.1, -0.05) is 57.2 Å². The Balaban J connectivity index is 2.91. The van der Waals surface area contributed by atoms with E-state index in [1.54, 1.807) is 36.4 Å². The molecule has 1 atom stereocenters. The summed E-state index contributed by atoms with van der Waals surface area (Å²) in [6.07, 6.45) is 0.0860. The van der Waals surface area contributed by atoms with Crippen molar-refractivity contribution in [2.45, 2.75) is 33.6 Å². The summed E-state index contributed by atoms with van der Waals surface area (Å²) in [5, 5.41) is 0. The number of hydrogen-bond donors (Lipinski definition) is 0. The largest absolute Gasteiger partial charge is 0.496 e. The SMILES string of the molecule is [2H]C1C(=C\C(C)(C)C)/C(=C(\OC([2H])([2H])[2H])c2ccccc2)CC1(C(=O)OC)C(=O)OC. The molecule has 1 saturated carbocycles. The van der Waals surface area contributed by atoms with Crippen LogP contribution >= 0.6 is 0 Å². The van der Waals surface area contributed by atoms with Gasteiger partial charge in [-0.05, 0) is 23.0 Å².